The minimum atomic E-state index is 0.145. The molecule has 0 saturated heterocycles. The summed E-state index contributed by atoms with van der Waals surface area (Å²) >= 11 is 8.16. The Labute approximate surface area is 188 Å². The molecule has 0 amide bonds. The highest BCUT2D eigenvalue weighted by Crippen LogP contribution is 2.36. The molecule has 6 heteroatoms. The van der Waals surface area contributed by atoms with E-state index in [2.05, 4.69) is 77.4 Å². The van der Waals surface area contributed by atoms with Crippen LogP contribution in [0.5, 0.6) is 0 Å². The molecule has 30 heavy (non-hydrogen) atoms. The molecule has 2 aromatic rings. The molecule has 1 unspecified atom stereocenters. The molecule has 2 aliphatic heterocycles. The van der Waals surface area contributed by atoms with Crippen LogP contribution in [0.1, 0.15) is 44.5 Å². The molecule has 2 N–H and O–H groups in total. The summed E-state index contributed by atoms with van der Waals surface area (Å²) in [6.07, 6.45) is 7.06. The Morgan fingerprint density at radius 1 is 1.20 bits per heavy atom. The van der Waals surface area contributed by atoms with Crippen LogP contribution in [0.2, 0.25) is 5.02 Å². The van der Waals surface area contributed by atoms with Crippen LogP contribution >= 0.6 is 23.5 Å². The lowest BCUT2D eigenvalue weighted by molar-refractivity contribution is 0.483. The van der Waals surface area contributed by atoms with Crippen molar-refractivity contribution in [1.82, 2.24) is 14.6 Å². The van der Waals surface area contributed by atoms with Crippen LogP contribution in [-0.4, -0.2) is 28.6 Å². The first kappa shape index (κ1) is 21.3. The predicted octanol–water partition coefficient (Wildman–Crippen LogP) is 5.91. The van der Waals surface area contributed by atoms with E-state index in [1.54, 1.807) is 11.9 Å². The van der Waals surface area contributed by atoms with E-state index < -0.39 is 0 Å². The van der Waals surface area contributed by atoms with Crippen LogP contribution in [0, 0.1) is 0 Å². The monoisotopic (exact) mass is 440 g/mol. The van der Waals surface area contributed by atoms with Gasteiger partial charge in [0.05, 0.1) is 29.0 Å². The summed E-state index contributed by atoms with van der Waals surface area (Å²) in [4.78, 5) is 4.53. The summed E-state index contributed by atoms with van der Waals surface area (Å²) < 4.78 is 2.28. The molecule has 2 aliphatic rings. The molecule has 158 valence electrons. The second-order valence-corrected chi connectivity index (χ2v) is 10.1. The molecule has 1 atom stereocenters. The number of pyridine rings is 1. The Kier molecular flexibility index (Phi) is 6.14. The lowest BCUT2D eigenvalue weighted by Gasteiger charge is -2.36. The van der Waals surface area contributed by atoms with Crippen molar-refractivity contribution >= 4 is 29.2 Å². The van der Waals surface area contributed by atoms with E-state index in [1.165, 1.54) is 16.7 Å². The highest BCUT2D eigenvalue weighted by Gasteiger charge is 2.29. The van der Waals surface area contributed by atoms with Crippen molar-refractivity contribution in [2.75, 3.05) is 24.7 Å². The standard InChI is InChI=1S/C24H29ClN4S/c1-24(2,3)17-7-9-18(10-8-17)28-22-15-29(30-4)14-16-12-21(27-13-19(16)22)23-20(25)6-5-11-26-23/h5-11,15,21,27-28H,12-14H2,1-4H3. The summed E-state index contributed by atoms with van der Waals surface area (Å²) in [7, 11) is 0. The number of hydrogen-bond acceptors (Lipinski definition) is 5. The van der Waals surface area contributed by atoms with Gasteiger partial charge in [-0.25, -0.2) is 0 Å². The fourth-order valence-electron chi connectivity index (χ4n) is 3.98. The van der Waals surface area contributed by atoms with E-state index in [0.29, 0.717) is 0 Å². The number of rotatable bonds is 4. The zero-order valence-electron chi connectivity index (χ0n) is 18.0. The molecule has 0 radical (unpaired) electrons. The van der Waals surface area contributed by atoms with Gasteiger partial charge in [-0.1, -0.05) is 56.5 Å². The average molecular weight is 441 g/mol. The number of aromatic nitrogens is 1. The van der Waals surface area contributed by atoms with Crippen LogP contribution in [0.15, 0.2) is 65.6 Å². The van der Waals surface area contributed by atoms with Gasteiger partial charge in [0.25, 0.3) is 0 Å². The van der Waals surface area contributed by atoms with Gasteiger partial charge in [-0.15, -0.1) is 0 Å². The largest absolute Gasteiger partial charge is 0.354 e. The molecule has 3 heterocycles. The fourth-order valence-corrected chi connectivity index (χ4v) is 4.72. The minimum Gasteiger partial charge on any atom is -0.354 e. The third kappa shape index (κ3) is 4.53. The molecule has 1 aromatic heterocycles. The molecular weight excluding hydrogens is 412 g/mol. The van der Waals surface area contributed by atoms with E-state index in [-0.39, 0.29) is 11.5 Å². The Morgan fingerprint density at radius 2 is 1.97 bits per heavy atom. The summed E-state index contributed by atoms with van der Waals surface area (Å²) in [5, 5.41) is 8.02. The third-order valence-electron chi connectivity index (χ3n) is 5.73. The van der Waals surface area contributed by atoms with Crippen molar-refractivity contribution < 1.29 is 0 Å². The second kappa shape index (κ2) is 8.66. The summed E-state index contributed by atoms with van der Waals surface area (Å²) in [5.74, 6) is 0. The normalized spacial score (nSPS) is 19.4. The molecule has 0 spiro atoms. The third-order valence-corrected chi connectivity index (χ3v) is 6.75. The number of hydrogen-bond donors (Lipinski definition) is 2. The van der Waals surface area contributed by atoms with Crippen LogP contribution in [0.25, 0.3) is 0 Å². The maximum Gasteiger partial charge on any atom is 0.0762 e. The first-order chi connectivity index (χ1) is 14.3. The fraction of sp³-hybridized carbons (Fsp3) is 0.375. The lowest BCUT2D eigenvalue weighted by atomic mass is 9.87. The highest BCUT2D eigenvalue weighted by atomic mass is 35.5. The maximum atomic E-state index is 6.41. The summed E-state index contributed by atoms with van der Waals surface area (Å²) in [5.41, 5.74) is 7.48. The molecule has 1 aromatic carbocycles. The Balaban J connectivity index is 1.57. The van der Waals surface area contributed by atoms with Crippen LogP contribution in [-0.2, 0) is 5.41 Å². The van der Waals surface area contributed by atoms with E-state index >= 15 is 0 Å². The van der Waals surface area contributed by atoms with E-state index in [1.807, 2.05) is 18.3 Å². The Hall–Kier alpha value is -1.95. The second-order valence-electron chi connectivity index (χ2n) is 8.84. The maximum absolute atomic E-state index is 6.41. The molecule has 0 aliphatic carbocycles. The van der Waals surface area contributed by atoms with Gasteiger partial charge in [0.1, 0.15) is 0 Å². The van der Waals surface area contributed by atoms with Gasteiger partial charge in [-0.05, 0) is 52.8 Å². The van der Waals surface area contributed by atoms with Crippen molar-refractivity contribution in [3.8, 4) is 0 Å². The first-order valence-electron chi connectivity index (χ1n) is 10.3. The predicted molar refractivity (Wildman–Crippen MR) is 129 cm³/mol. The molecule has 0 fully saturated rings. The SMILES string of the molecule is CSN1C=C(Nc2ccc(C(C)(C)C)cc2)C2=C(CC(c3ncccc3Cl)NC2)C1. The van der Waals surface area contributed by atoms with E-state index in [4.69, 9.17) is 11.6 Å². The first-order valence-corrected chi connectivity index (χ1v) is 11.9. The molecule has 0 bridgehead atoms. The van der Waals surface area contributed by atoms with Crippen LogP contribution < -0.4 is 10.6 Å². The average Bonchev–Trinajstić information content (AvgIpc) is 2.73. The van der Waals surface area contributed by atoms with Crippen molar-refractivity contribution in [2.45, 2.75) is 38.6 Å². The van der Waals surface area contributed by atoms with Crippen molar-refractivity contribution in [3.05, 3.63) is 81.9 Å². The number of nitrogens with zero attached hydrogens (tertiary/aromatic N) is 2. The topological polar surface area (TPSA) is 40.2 Å². The zero-order valence-corrected chi connectivity index (χ0v) is 19.6. The van der Waals surface area contributed by atoms with Gasteiger partial charge in [0, 0.05) is 30.9 Å². The number of halogens is 1. The van der Waals surface area contributed by atoms with Crippen molar-refractivity contribution in [1.29, 1.82) is 0 Å². The van der Waals surface area contributed by atoms with Crippen molar-refractivity contribution in [2.24, 2.45) is 0 Å². The number of anilines is 1. The van der Waals surface area contributed by atoms with Gasteiger partial charge in [0.15, 0.2) is 0 Å². The van der Waals surface area contributed by atoms with E-state index in [9.17, 15) is 0 Å². The van der Waals surface area contributed by atoms with Gasteiger partial charge >= 0.3 is 0 Å². The van der Waals surface area contributed by atoms with E-state index in [0.717, 1.165) is 41.6 Å². The molecule has 4 rings (SSSR count). The summed E-state index contributed by atoms with van der Waals surface area (Å²) in [6.45, 7) is 8.45. The van der Waals surface area contributed by atoms with Gasteiger partial charge < -0.3 is 14.9 Å². The lowest BCUT2D eigenvalue weighted by Crippen LogP contribution is -2.36. The summed E-state index contributed by atoms with van der Waals surface area (Å²) in [6, 6.07) is 12.7. The molecular formula is C24H29ClN4S. The van der Waals surface area contributed by atoms with Gasteiger partial charge in [-0.3, -0.25) is 4.98 Å². The van der Waals surface area contributed by atoms with Gasteiger partial charge in [-0.2, -0.15) is 0 Å². The zero-order chi connectivity index (χ0) is 21.3. The van der Waals surface area contributed by atoms with Crippen LogP contribution in [0.3, 0.4) is 0 Å². The Morgan fingerprint density at radius 3 is 2.63 bits per heavy atom. The molecule has 4 nitrogen and oxygen atoms in total. The smallest absolute Gasteiger partial charge is 0.0762 e. The molecule has 0 saturated carbocycles. The van der Waals surface area contributed by atoms with Crippen molar-refractivity contribution in [3.63, 3.8) is 0 Å². The Bertz CT molecular complexity index is 975. The minimum absolute atomic E-state index is 0.145. The number of benzene rings is 1. The quantitative estimate of drug-likeness (QED) is 0.578. The van der Waals surface area contributed by atoms with Crippen LogP contribution in [0.4, 0.5) is 5.69 Å². The number of nitrogens with one attached hydrogen (secondary N) is 2. The van der Waals surface area contributed by atoms with Gasteiger partial charge in [0.2, 0.25) is 0 Å². The highest BCUT2D eigenvalue weighted by molar-refractivity contribution is 7.96.